The number of carbonyl (C=O) groups is 3. The second-order valence-electron chi connectivity index (χ2n) is 13.1. The molecule has 1 aliphatic heterocycles. The zero-order chi connectivity index (χ0) is 35.6. The van der Waals surface area contributed by atoms with Gasteiger partial charge in [0, 0.05) is 0 Å². The van der Waals surface area contributed by atoms with E-state index in [2.05, 4.69) is 10.3 Å². The standard InChI is InChI=1S/C35H36F3N3O7Si/c1-34(2,3)49(4,5)29-28(35(36,37)38)41(40-39-29)30-27(48-33(44)24-19-13-8-14-20-24)26(47-32(43)23-17-11-7-12-18-23)25(46-30)21-45-31(42)22-15-9-6-10-16-22/h6-20,25-27,30H,21H2,1-5H3/t25-,26-,27-,30-/m1/s1. The maximum atomic E-state index is 15.0. The van der Waals surface area contributed by atoms with Crippen LogP contribution in [0.15, 0.2) is 91.0 Å². The summed E-state index contributed by atoms with van der Waals surface area (Å²) in [5.41, 5.74) is -0.752. The summed E-state index contributed by atoms with van der Waals surface area (Å²) in [6.45, 7) is 8.47. The van der Waals surface area contributed by atoms with Gasteiger partial charge in [0.25, 0.3) is 0 Å². The van der Waals surface area contributed by atoms with Crippen molar-refractivity contribution in [2.75, 3.05) is 6.61 Å². The number of aromatic nitrogens is 3. The molecule has 0 unspecified atom stereocenters. The Hall–Kier alpha value is -4.82. The summed E-state index contributed by atoms with van der Waals surface area (Å²) in [7, 11) is -2.98. The Bertz CT molecular complexity index is 1780. The van der Waals surface area contributed by atoms with Gasteiger partial charge in [0.2, 0.25) is 0 Å². The van der Waals surface area contributed by atoms with Gasteiger partial charge in [-0.05, 0) is 41.4 Å². The molecule has 1 fully saturated rings. The molecule has 14 heteroatoms. The Morgan fingerprint density at radius 2 is 1.20 bits per heavy atom. The number of ether oxygens (including phenoxy) is 4. The van der Waals surface area contributed by atoms with E-state index in [1.165, 1.54) is 36.4 Å². The van der Waals surface area contributed by atoms with Crippen LogP contribution in [-0.2, 0) is 25.1 Å². The van der Waals surface area contributed by atoms with Gasteiger partial charge in [0.1, 0.15) is 20.8 Å². The predicted molar refractivity (Wildman–Crippen MR) is 174 cm³/mol. The fraction of sp³-hybridized carbons (Fsp3) is 0.343. The Kier molecular flexibility index (Phi) is 10.1. The van der Waals surface area contributed by atoms with Crippen molar-refractivity contribution >= 4 is 31.3 Å². The van der Waals surface area contributed by atoms with Crippen molar-refractivity contribution in [3.05, 3.63) is 113 Å². The van der Waals surface area contributed by atoms with Crippen LogP contribution in [0.25, 0.3) is 0 Å². The molecule has 0 bridgehead atoms. The summed E-state index contributed by atoms with van der Waals surface area (Å²) in [6, 6.07) is 23.6. The fourth-order valence-electron chi connectivity index (χ4n) is 5.17. The first-order valence-electron chi connectivity index (χ1n) is 15.5. The maximum Gasteiger partial charge on any atom is 0.434 e. The number of halogens is 3. The minimum Gasteiger partial charge on any atom is -0.459 e. The van der Waals surface area contributed by atoms with E-state index in [1.54, 1.807) is 67.7 Å². The highest BCUT2D eigenvalue weighted by atomic mass is 28.3. The first kappa shape index (κ1) is 35.5. The highest BCUT2D eigenvalue weighted by Gasteiger charge is 2.56. The van der Waals surface area contributed by atoms with Crippen molar-refractivity contribution in [2.24, 2.45) is 0 Å². The van der Waals surface area contributed by atoms with Crippen LogP contribution in [0, 0.1) is 0 Å². The maximum absolute atomic E-state index is 15.0. The van der Waals surface area contributed by atoms with Crippen LogP contribution in [0.3, 0.4) is 0 Å². The molecule has 4 aromatic rings. The van der Waals surface area contributed by atoms with Crippen molar-refractivity contribution in [1.29, 1.82) is 0 Å². The highest BCUT2D eigenvalue weighted by molar-refractivity contribution is 6.91. The molecule has 1 aromatic heterocycles. The second-order valence-corrected chi connectivity index (χ2v) is 18.3. The van der Waals surface area contributed by atoms with E-state index in [4.69, 9.17) is 18.9 Å². The second kappa shape index (κ2) is 14.0. The van der Waals surface area contributed by atoms with E-state index in [-0.39, 0.29) is 22.0 Å². The number of esters is 3. The molecule has 4 atom stereocenters. The van der Waals surface area contributed by atoms with Crippen LogP contribution in [-0.4, -0.2) is 65.9 Å². The van der Waals surface area contributed by atoms with E-state index in [1.807, 2.05) is 20.8 Å². The lowest BCUT2D eigenvalue weighted by Crippen LogP contribution is -2.53. The number of alkyl halides is 3. The van der Waals surface area contributed by atoms with E-state index in [9.17, 15) is 14.4 Å². The minimum atomic E-state index is -4.96. The number of hydrogen-bond donors (Lipinski definition) is 0. The molecule has 0 spiro atoms. The van der Waals surface area contributed by atoms with Crippen molar-refractivity contribution in [1.82, 2.24) is 15.0 Å². The topological polar surface area (TPSA) is 119 Å². The number of nitrogens with zero attached hydrogens (tertiary/aromatic N) is 3. The largest absolute Gasteiger partial charge is 0.459 e. The van der Waals surface area contributed by atoms with Gasteiger partial charge in [-0.2, -0.15) is 13.2 Å². The van der Waals surface area contributed by atoms with Gasteiger partial charge < -0.3 is 18.9 Å². The number of hydrogen-bond acceptors (Lipinski definition) is 9. The molecule has 0 N–H and O–H groups in total. The summed E-state index contributed by atoms with van der Waals surface area (Å²) in [5, 5.41) is 7.21. The van der Waals surface area contributed by atoms with Gasteiger partial charge in [-0.25, -0.2) is 19.1 Å². The smallest absolute Gasteiger partial charge is 0.434 e. The average molecular weight is 696 g/mol. The van der Waals surface area contributed by atoms with Gasteiger partial charge in [-0.15, -0.1) is 5.10 Å². The molecular weight excluding hydrogens is 659 g/mol. The van der Waals surface area contributed by atoms with Crippen molar-refractivity contribution in [3.63, 3.8) is 0 Å². The van der Waals surface area contributed by atoms with Crippen LogP contribution in [0.4, 0.5) is 13.2 Å². The van der Waals surface area contributed by atoms with Gasteiger partial charge in [-0.1, -0.05) is 93.7 Å². The van der Waals surface area contributed by atoms with Gasteiger partial charge in [0.15, 0.2) is 24.1 Å². The molecule has 5 rings (SSSR count). The molecule has 2 heterocycles. The predicted octanol–water partition coefficient (Wildman–Crippen LogP) is 6.22. The normalized spacial score (nSPS) is 19.7. The van der Waals surface area contributed by atoms with E-state index >= 15 is 13.2 Å². The van der Waals surface area contributed by atoms with Gasteiger partial charge in [-0.3, -0.25) is 0 Å². The van der Waals surface area contributed by atoms with Crippen LogP contribution in [0.2, 0.25) is 18.1 Å². The quantitative estimate of drug-likeness (QED) is 0.114. The SMILES string of the molecule is CC(C)(C)[Si](C)(C)c1nnn([C@@H]2O[C@H](COC(=O)c3ccccc3)[C@@H](OC(=O)c3ccccc3)[C@H]2OC(=O)c2ccccc2)c1C(F)(F)F. The molecule has 0 aliphatic carbocycles. The van der Waals surface area contributed by atoms with E-state index in [0.717, 1.165) is 0 Å². The summed E-state index contributed by atoms with van der Waals surface area (Å²) >= 11 is 0. The molecule has 1 aliphatic rings. The van der Waals surface area contributed by atoms with Crippen molar-refractivity contribution < 1.29 is 46.5 Å². The molecule has 10 nitrogen and oxygen atoms in total. The molecule has 49 heavy (non-hydrogen) atoms. The molecule has 1 saturated heterocycles. The Balaban J connectivity index is 1.61. The van der Waals surface area contributed by atoms with Gasteiger partial charge >= 0.3 is 24.1 Å². The van der Waals surface area contributed by atoms with E-state index < -0.39 is 74.0 Å². The van der Waals surface area contributed by atoms with Crippen molar-refractivity contribution in [3.8, 4) is 0 Å². The lowest BCUT2D eigenvalue weighted by Gasteiger charge is -2.36. The van der Waals surface area contributed by atoms with Crippen LogP contribution in [0.1, 0.15) is 63.8 Å². The molecule has 0 saturated carbocycles. The summed E-state index contributed by atoms with van der Waals surface area (Å²) < 4.78 is 69.0. The zero-order valence-electron chi connectivity index (χ0n) is 27.5. The van der Waals surface area contributed by atoms with Gasteiger partial charge in [0.05, 0.1) is 22.0 Å². The summed E-state index contributed by atoms with van der Waals surface area (Å²) in [4.78, 5) is 39.7. The number of rotatable bonds is 9. The van der Waals surface area contributed by atoms with Crippen LogP contribution >= 0.6 is 0 Å². The number of benzene rings is 3. The lowest BCUT2D eigenvalue weighted by atomic mass is 10.1. The third-order valence-electron chi connectivity index (χ3n) is 8.85. The third-order valence-corrected chi connectivity index (χ3v) is 14.1. The Morgan fingerprint density at radius 3 is 1.65 bits per heavy atom. The number of carbonyl (C=O) groups excluding carboxylic acids is 3. The minimum absolute atomic E-state index is 0.0879. The van der Waals surface area contributed by atoms with Crippen molar-refractivity contribution in [2.45, 2.75) is 69.6 Å². The van der Waals surface area contributed by atoms with E-state index in [0.29, 0.717) is 4.68 Å². The zero-order valence-corrected chi connectivity index (χ0v) is 28.5. The lowest BCUT2D eigenvalue weighted by molar-refractivity contribution is -0.152. The fourth-order valence-corrected chi connectivity index (χ4v) is 7.02. The summed E-state index contributed by atoms with van der Waals surface area (Å²) in [5.74, 6) is -2.54. The Labute approximate surface area is 282 Å². The first-order valence-corrected chi connectivity index (χ1v) is 18.5. The molecular formula is C35H36F3N3O7Si. The van der Waals surface area contributed by atoms with Crippen LogP contribution in [0.5, 0.6) is 0 Å². The molecule has 0 amide bonds. The molecule has 258 valence electrons. The average Bonchev–Trinajstić information content (AvgIpc) is 3.67. The monoisotopic (exact) mass is 695 g/mol. The first-order chi connectivity index (χ1) is 23.1. The molecule has 0 radical (unpaired) electrons. The third kappa shape index (κ3) is 7.60. The van der Waals surface area contributed by atoms with Crippen LogP contribution < -0.4 is 5.32 Å². The summed E-state index contributed by atoms with van der Waals surface area (Å²) in [6.07, 6.45) is -11.4. The molecule has 3 aromatic carbocycles. The Morgan fingerprint density at radius 1 is 0.755 bits per heavy atom. The highest BCUT2D eigenvalue weighted by Crippen LogP contribution is 2.42.